The van der Waals surface area contributed by atoms with Crippen LogP contribution < -0.4 is 4.74 Å². The first-order valence-corrected chi connectivity index (χ1v) is 7.14. The maximum Gasteiger partial charge on any atom is 0.264 e. The average molecular weight is 265 g/mol. The van der Waals surface area contributed by atoms with E-state index < -0.39 is 10.1 Å². The molecule has 0 unspecified atom stereocenters. The van der Waals surface area contributed by atoms with Gasteiger partial charge in [0.25, 0.3) is 10.1 Å². The Morgan fingerprint density at radius 3 is 2.72 bits per heavy atom. The summed E-state index contributed by atoms with van der Waals surface area (Å²) in [6.45, 7) is 0.231. The molecule has 0 aromatic heterocycles. The molecule has 0 bridgehead atoms. The zero-order chi connectivity index (χ0) is 13.0. The van der Waals surface area contributed by atoms with E-state index in [0.717, 1.165) is 10.8 Å². The second-order valence-corrected chi connectivity index (χ2v) is 5.47. The molecule has 0 aliphatic rings. The van der Waals surface area contributed by atoms with E-state index in [1.807, 2.05) is 30.3 Å². The highest BCUT2D eigenvalue weighted by molar-refractivity contribution is 7.85. The zero-order valence-electron chi connectivity index (χ0n) is 9.67. The number of benzene rings is 2. The highest BCUT2D eigenvalue weighted by atomic mass is 32.2. The van der Waals surface area contributed by atoms with Crippen molar-refractivity contribution in [2.75, 3.05) is 12.4 Å². The summed E-state index contributed by atoms with van der Waals surface area (Å²) in [5, 5.41) is 2.02. The monoisotopic (exact) mass is 265 g/mol. The van der Waals surface area contributed by atoms with Crippen molar-refractivity contribution >= 4 is 20.9 Å². The van der Waals surface area contributed by atoms with Crippen molar-refractivity contribution in [3.63, 3.8) is 0 Å². The third-order valence-corrected chi connectivity index (χ3v) is 3.24. The first-order valence-electron chi connectivity index (χ1n) is 5.54. The number of ether oxygens (including phenoxy) is 1. The van der Waals surface area contributed by atoms with Gasteiger partial charge in [-0.15, -0.1) is 0 Å². The fourth-order valence-electron chi connectivity index (χ4n) is 1.60. The molecular formula is C13H13O4S. The first-order chi connectivity index (χ1) is 8.54. The third kappa shape index (κ3) is 3.72. The fraction of sp³-hybridized carbons (Fsp3) is 0.231. The van der Waals surface area contributed by atoms with Crippen LogP contribution in [0.1, 0.15) is 6.42 Å². The van der Waals surface area contributed by atoms with Crippen LogP contribution in [0.4, 0.5) is 0 Å². The van der Waals surface area contributed by atoms with Gasteiger partial charge in [-0.1, -0.05) is 30.3 Å². The highest BCUT2D eigenvalue weighted by Crippen LogP contribution is 2.19. The standard InChI is InChI=1S/C13H13O4S/c14-18(15,16)9-3-8-17-13-7-6-11-4-1-2-5-12(11)10-13/h1-2,4-7H,3,8-9H2,(H,14,15,16). The van der Waals surface area contributed by atoms with Gasteiger partial charge >= 0.3 is 0 Å². The van der Waals surface area contributed by atoms with E-state index in [0.29, 0.717) is 5.75 Å². The van der Waals surface area contributed by atoms with Crippen LogP contribution >= 0.6 is 0 Å². The summed E-state index contributed by atoms with van der Waals surface area (Å²) in [5.74, 6) is 0.282. The van der Waals surface area contributed by atoms with Gasteiger partial charge < -0.3 is 4.74 Å². The largest absolute Gasteiger partial charge is 0.493 e. The van der Waals surface area contributed by atoms with Crippen molar-refractivity contribution in [1.82, 2.24) is 0 Å². The maximum absolute atomic E-state index is 10.5. The van der Waals surface area contributed by atoms with Crippen molar-refractivity contribution in [3.05, 3.63) is 42.5 Å². The lowest BCUT2D eigenvalue weighted by Gasteiger charge is -2.06. The molecule has 0 fully saturated rings. The zero-order valence-corrected chi connectivity index (χ0v) is 10.5. The van der Waals surface area contributed by atoms with Gasteiger partial charge in [0.1, 0.15) is 5.75 Å². The first kappa shape index (κ1) is 12.9. The molecule has 0 heterocycles. The van der Waals surface area contributed by atoms with Gasteiger partial charge in [0.05, 0.1) is 12.4 Å². The van der Waals surface area contributed by atoms with Crippen LogP contribution in [0, 0.1) is 6.07 Å². The van der Waals surface area contributed by atoms with E-state index in [9.17, 15) is 8.42 Å². The van der Waals surface area contributed by atoms with Crippen LogP contribution in [0.3, 0.4) is 0 Å². The lowest BCUT2D eigenvalue weighted by atomic mass is 10.1. The van der Waals surface area contributed by atoms with Crippen molar-refractivity contribution in [1.29, 1.82) is 0 Å². The number of fused-ring (bicyclic) bond motifs is 1. The van der Waals surface area contributed by atoms with Gasteiger partial charge in [-0.05, 0) is 23.3 Å². The molecule has 0 atom stereocenters. The lowest BCUT2D eigenvalue weighted by Crippen LogP contribution is -2.08. The second-order valence-electron chi connectivity index (χ2n) is 3.90. The van der Waals surface area contributed by atoms with Crippen molar-refractivity contribution in [2.24, 2.45) is 0 Å². The Morgan fingerprint density at radius 2 is 1.94 bits per heavy atom. The van der Waals surface area contributed by atoms with Gasteiger partial charge in [0.2, 0.25) is 0 Å². The van der Waals surface area contributed by atoms with Crippen LogP contribution in [0.2, 0.25) is 0 Å². The van der Waals surface area contributed by atoms with Crippen LogP contribution in [-0.2, 0) is 10.1 Å². The van der Waals surface area contributed by atoms with Gasteiger partial charge in [-0.3, -0.25) is 4.55 Å². The Labute approximate surface area is 106 Å². The number of hydrogen-bond donors (Lipinski definition) is 1. The molecule has 0 saturated carbocycles. The SMILES string of the molecule is O=S(=O)(O)CCCOc1[c]c2ccccc2cc1. The Kier molecular flexibility index (Phi) is 3.84. The Balaban J connectivity index is 1.96. The molecule has 2 aromatic carbocycles. The molecule has 4 nitrogen and oxygen atoms in total. The van der Waals surface area contributed by atoms with E-state index in [1.54, 1.807) is 6.07 Å². The van der Waals surface area contributed by atoms with E-state index >= 15 is 0 Å². The van der Waals surface area contributed by atoms with E-state index in [-0.39, 0.29) is 18.8 Å². The predicted octanol–water partition coefficient (Wildman–Crippen LogP) is 2.30. The van der Waals surface area contributed by atoms with Crippen LogP contribution in [-0.4, -0.2) is 25.3 Å². The summed E-state index contributed by atoms with van der Waals surface area (Å²) in [6, 6.07) is 14.6. The maximum atomic E-state index is 10.5. The predicted molar refractivity (Wildman–Crippen MR) is 69.3 cm³/mol. The molecule has 0 saturated heterocycles. The number of rotatable bonds is 5. The van der Waals surface area contributed by atoms with E-state index in [2.05, 4.69) is 6.07 Å². The summed E-state index contributed by atoms with van der Waals surface area (Å²) < 4.78 is 35.0. The fourth-order valence-corrected chi connectivity index (χ4v) is 2.09. The lowest BCUT2D eigenvalue weighted by molar-refractivity contribution is 0.316. The summed E-state index contributed by atoms with van der Waals surface area (Å²) in [6.07, 6.45) is 0.250. The summed E-state index contributed by atoms with van der Waals surface area (Å²) >= 11 is 0. The molecule has 0 spiro atoms. The van der Waals surface area contributed by atoms with Gasteiger partial charge in [0.15, 0.2) is 0 Å². The highest BCUT2D eigenvalue weighted by Gasteiger charge is 2.04. The molecule has 0 aliphatic heterocycles. The molecule has 95 valence electrons. The smallest absolute Gasteiger partial charge is 0.264 e. The van der Waals surface area contributed by atoms with Crippen molar-refractivity contribution in [2.45, 2.75) is 6.42 Å². The van der Waals surface area contributed by atoms with E-state index in [4.69, 9.17) is 9.29 Å². The van der Waals surface area contributed by atoms with Crippen molar-refractivity contribution in [3.8, 4) is 5.75 Å². The molecular weight excluding hydrogens is 252 g/mol. The topological polar surface area (TPSA) is 63.6 Å². The molecule has 2 aromatic rings. The molecule has 5 heteroatoms. The number of hydrogen-bond acceptors (Lipinski definition) is 3. The molecule has 0 amide bonds. The average Bonchev–Trinajstić information content (AvgIpc) is 2.33. The molecule has 1 N–H and O–H groups in total. The molecule has 18 heavy (non-hydrogen) atoms. The summed E-state index contributed by atoms with van der Waals surface area (Å²) in [4.78, 5) is 0. The van der Waals surface area contributed by atoms with Gasteiger partial charge in [0, 0.05) is 6.07 Å². The minimum atomic E-state index is -3.90. The molecule has 2 rings (SSSR count). The van der Waals surface area contributed by atoms with Crippen LogP contribution in [0.15, 0.2) is 36.4 Å². The second kappa shape index (κ2) is 5.37. The minimum absolute atomic E-state index is 0.231. The third-order valence-electron chi connectivity index (χ3n) is 2.44. The van der Waals surface area contributed by atoms with E-state index in [1.165, 1.54) is 0 Å². The minimum Gasteiger partial charge on any atom is -0.493 e. The molecule has 0 aliphatic carbocycles. The quantitative estimate of drug-likeness (QED) is 0.665. The normalized spacial score (nSPS) is 11.6. The summed E-state index contributed by atoms with van der Waals surface area (Å²) in [7, 11) is -3.90. The van der Waals surface area contributed by atoms with Crippen molar-refractivity contribution < 1.29 is 17.7 Å². The Bertz CT molecular complexity index is 634. The molecule has 1 radical (unpaired) electrons. The van der Waals surface area contributed by atoms with Crippen LogP contribution in [0.5, 0.6) is 5.75 Å². The van der Waals surface area contributed by atoms with Crippen LogP contribution in [0.25, 0.3) is 10.8 Å². The van der Waals surface area contributed by atoms with Gasteiger partial charge in [-0.25, -0.2) is 0 Å². The van der Waals surface area contributed by atoms with Gasteiger partial charge in [-0.2, -0.15) is 8.42 Å². The Morgan fingerprint density at radius 1 is 1.17 bits per heavy atom. The Hall–Kier alpha value is -1.59. The summed E-state index contributed by atoms with van der Waals surface area (Å²) in [5.41, 5.74) is 0.